The summed E-state index contributed by atoms with van der Waals surface area (Å²) in [5, 5.41) is 5.25. The average molecular weight is 277 g/mol. The summed E-state index contributed by atoms with van der Waals surface area (Å²) < 4.78 is 23.2. The molecule has 1 atom stereocenters. The molecule has 0 aliphatic carbocycles. The van der Waals surface area contributed by atoms with Gasteiger partial charge in [-0.2, -0.15) is 4.31 Å². The van der Waals surface area contributed by atoms with Gasteiger partial charge in [0, 0.05) is 13.6 Å². The van der Waals surface area contributed by atoms with Crippen molar-refractivity contribution in [2.45, 2.75) is 25.3 Å². The Morgan fingerprint density at radius 2 is 2.17 bits per heavy atom. The molecule has 0 aromatic carbocycles. The van der Waals surface area contributed by atoms with Gasteiger partial charge in [-0.3, -0.25) is 9.59 Å². The largest absolute Gasteiger partial charge is 0.354 e. The molecule has 0 bridgehead atoms. The predicted molar refractivity (Wildman–Crippen MR) is 66.3 cm³/mol. The first-order valence-corrected chi connectivity index (χ1v) is 7.64. The number of nitrogens with zero attached hydrogens (tertiary/aromatic N) is 1. The van der Waals surface area contributed by atoms with Crippen molar-refractivity contribution in [1.29, 1.82) is 0 Å². The van der Waals surface area contributed by atoms with Crippen LogP contribution in [0.3, 0.4) is 0 Å². The monoisotopic (exact) mass is 277 g/mol. The molecule has 1 aliphatic rings. The summed E-state index contributed by atoms with van der Waals surface area (Å²) in [4.78, 5) is 23.2. The molecule has 1 fully saturated rings. The molecule has 0 aromatic heterocycles. The van der Waals surface area contributed by atoms with Gasteiger partial charge in [-0.15, -0.1) is 0 Å². The van der Waals surface area contributed by atoms with Crippen molar-refractivity contribution in [3.05, 3.63) is 0 Å². The van der Waals surface area contributed by atoms with E-state index in [0.29, 0.717) is 13.0 Å². The number of likely N-dealkylation sites (N-methyl/N-ethyl adjacent to an activating group) is 1. The van der Waals surface area contributed by atoms with Crippen molar-refractivity contribution in [2.24, 2.45) is 0 Å². The average Bonchev–Trinajstić information content (AvgIpc) is 2.43. The van der Waals surface area contributed by atoms with Crippen LogP contribution in [-0.2, 0) is 19.6 Å². The fraction of sp³-hybridized carbons (Fsp3) is 0.800. The van der Waals surface area contributed by atoms with E-state index in [-0.39, 0.29) is 12.5 Å². The van der Waals surface area contributed by atoms with E-state index in [1.165, 1.54) is 7.05 Å². The molecule has 8 heteroatoms. The van der Waals surface area contributed by atoms with Gasteiger partial charge in [0.25, 0.3) is 0 Å². The summed E-state index contributed by atoms with van der Waals surface area (Å²) in [6, 6.07) is -0.562. The van der Waals surface area contributed by atoms with Crippen LogP contribution in [-0.4, -0.2) is 57.0 Å². The summed E-state index contributed by atoms with van der Waals surface area (Å²) in [6.07, 6.45) is 3.35. The smallest absolute Gasteiger partial charge is 0.242 e. The first-order valence-electron chi connectivity index (χ1n) is 5.79. The zero-order valence-electron chi connectivity index (χ0n) is 10.6. The second-order valence-corrected chi connectivity index (χ2v) is 6.52. The fourth-order valence-corrected chi connectivity index (χ4v) is 1.99. The lowest BCUT2D eigenvalue weighted by molar-refractivity contribution is -0.128. The molecule has 0 aromatic rings. The minimum absolute atomic E-state index is 0.206. The molecule has 0 radical (unpaired) electrons. The van der Waals surface area contributed by atoms with Crippen molar-refractivity contribution in [3.63, 3.8) is 0 Å². The second-order valence-electron chi connectivity index (χ2n) is 4.43. The molecule has 1 rings (SSSR count). The van der Waals surface area contributed by atoms with Crippen LogP contribution in [0.2, 0.25) is 0 Å². The molecule has 1 aliphatic heterocycles. The first-order chi connectivity index (χ1) is 8.30. The molecule has 2 amide bonds. The molecular formula is C10H19N3O4S. The third-order valence-electron chi connectivity index (χ3n) is 2.80. The van der Waals surface area contributed by atoms with Crippen LogP contribution in [0.4, 0.5) is 0 Å². The van der Waals surface area contributed by atoms with Crippen molar-refractivity contribution in [2.75, 3.05) is 26.4 Å². The van der Waals surface area contributed by atoms with Gasteiger partial charge in [-0.05, 0) is 19.3 Å². The van der Waals surface area contributed by atoms with E-state index in [9.17, 15) is 18.0 Å². The van der Waals surface area contributed by atoms with Gasteiger partial charge in [-0.1, -0.05) is 0 Å². The Kier molecular flexibility index (Phi) is 5.09. The number of hydrogen-bond acceptors (Lipinski definition) is 4. The highest BCUT2D eigenvalue weighted by molar-refractivity contribution is 7.88. The van der Waals surface area contributed by atoms with E-state index in [0.717, 1.165) is 23.4 Å². The lowest BCUT2D eigenvalue weighted by Gasteiger charge is -2.18. The zero-order valence-corrected chi connectivity index (χ0v) is 11.4. The van der Waals surface area contributed by atoms with Crippen LogP contribution in [0, 0.1) is 0 Å². The summed E-state index contributed by atoms with van der Waals surface area (Å²) in [7, 11) is -2.07. The summed E-state index contributed by atoms with van der Waals surface area (Å²) >= 11 is 0. The summed E-state index contributed by atoms with van der Waals surface area (Å²) in [6.45, 7) is 0.344. The number of carbonyl (C=O) groups is 2. The van der Waals surface area contributed by atoms with Crippen molar-refractivity contribution >= 4 is 21.8 Å². The quantitative estimate of drug-likeness (QED) is 0.665. The number of sulfonamides is 1. The Morgan fingerprint density at radius 1 is 1.50 bits per heavy atom. The van der Waals surface area contributed by atoms with Crippen LogP contribution >= 0.6 is 0 Å². The van der Waals surface area contributed by atoms with Crippen LogP contribution < -0.4 is 10.6 Å². The lowest BCUT2D eigenvalue weighted by Crippen LogP contribution is -2.48. The van der Waals surface area contributed by atoms with Gasteiger partial charge in [0.2, 0.25) is 21.8 Å². The molecule has 0 unspecified atom stereocenters. The van der Waals surface area contributed by atoms with E-state index in [4.69, 9.17) is 0 Å². The van der Waals surface area contributed by atoms with Gasteiger partial charge in [0.15, 0.2) is 0 Å². The molecule has 7 nitrogen and oxygen atoms in total. The van der Waals surface area contributed by atoms with Crippen molar-refractivity contribution in [3.8, 4) is 0 Å². The molecule has 18 heavy (non-hydrogen) atoms. The predicted octanol–water partition coefficient (Wildman–Crippen LogP) is -1.34. The molecule has 0 spiro atoms. The van der Waals surface area contributed by atoms with Gasteiger partial charge in [0.05, 0.1) is 12.8 Å². The maximum absolute atomic E-state index is 11.6. The zero-order chi connectivity index (χ0) is 13.8. The fourth-order valence-electron chi connectivity index (χ4n) is 1.64. The summed E-state index contributed by atoms with van der Waals surface area (Å²) in [5.74, 6) is -0.673. The van der Waals surface area contributed by atoms with Crippen LogP contribution in [0.25, 0.3) is 0 Å². The van der Waals surface area contributed by atoms with Crippen molar-refractivity contribution in [1.82, 2.24) is 14.9 Å². The van der Waals surface area contributed by atoms with E-state index < -0.39 is 22.0 Å². The minimum atomic E-state index is -3.39. The number of carbonyl (C=O) groups excluding carboxylic acids is 2. The van der Waals surface area contributed by atoms with Gasteiger partial charge in [-0.25, -0.2) is 8.42 Å². The van der Waals surface area contributed by atoms with Gasteiger partial charge >= 0.3 is 0 Å². The lowest BCUT2D eigenvalue weighted by atomic mass is 10.1. The Balaban J connectivity index is 2.51. The topological polar surface area (TPSA) is 95.6 Å². The molecule has 104 valence electrons. The Bertz CT molecular complexity index is 421. The highest BCUT2D eigenvalue weighted by Crippen LogP contribution is 2.05. The Labute approximate surface area is 107 Å². The number of rotatable bonds is 4. The standard InChI is InChI=1S/C10H19N3O4S/c1-13(18(2,16)17)7-9(14)12-8-5-3-4-6-11-10(8)15/h8H,3-7H2,1-2H3,(H,11,15)(H,12,14)/t8-/m0/s1. The second kappa shape index (κ2) is 6.14. The maximum atomic E-state index is 11.6. The highest BCUT2D eigenvalue weighted by atomic mass is 32.2. The SMILES string of the molecule is CN(CC(=O)N[C@H]1CCCCNC1=O)S(C)(=O)=O. The van der Waals surface area contributed by atoms with Crippen LogP contribution in [0.15, 0.2) is 0 Å². The number of nitrogens with one attached hydrogen (secondary N) is 2. The van der Waals surface area contributed by atoms with E-state index in [1.54, 1.807) is 0 Å². The van der Waals surface area contributed by atoms with E-state index in [2.05, 4.69) is 10.6 Å². The third kappa shape index (κ3) is 4.61. The summed E-state index contributed by atoms with van der Waals surface area (Å²) in [5.41, 5.74) is 0. The normalized spacial score (nSPS) is 21.3. The third-order valence-corrected chi connectivity index (χ3v) is 4.06. The maximum Gasteiger partial charge on any atom is 0.242 e. The van der Waals surface area contributed by atoms with E-state index >= 15 is 0 Å². The van der Waals surface area contributed by atoms with Crippen LogP contribution in [0.5, 0.6) is 0 Å². The molecular weight excluding hydrogens is 258 g/mol. The van der Waals surface area contributed by atoms with Crippen molar-refractivity contribution < 1.29 is 18.0 Å². The highest BCUT2D eigenvalue weighted by Gasteiger charge is 2.23. The van der Waals surface area contributed by atoms with E-state index in [1.807, 2.05) is 0 Å². The van der Waals surface area contributed by atoms with Gasteiger partial charge in [0.1, 0.15) is 6.04 Å². The van der Waals surface area contributed by atoms with Gasteiger partial charge < -0.3 is 10.6 Å². The Hall–Kier alpha value is -1.15. The molecule has 2 N–H and O–H groups in total. The first kappa shape index (κ1) is 14.9. The minimum Gasteiger partial charge on any atom is -0.354 e. The number of amides is 2. The van der Waals surface area contributed by atoms with Crippen LogP contribution in [0.1, 0.15) is 19.3 Å². The Morgan fingerprint density at radius 3 is 2.78 bits per heavy atom. The molecule has 1 saturated heterocycles. The molecule has 1 heterocycles. The molecule has 0 saturated carbocycles. The number of hydrogen-bond donors (Lipinski definition) is 2.